The summed E-state index contributed by atoms with van der Waals surface area (Å²) in [5.74, 6) is 2.25. The van der Waals surface area contributed by atoms with Crippen LogP contribution in [0.4, 0.5) is 0 Å². The molecule has 2 aromatic rings. The fraction of sp³-hybridized carbons (Fsp3) is 0.579. The topological polar surface area (TPSA) is 38.9 Å². The smallest absolute Gasteiger partial charge is 0.273 e. The van der Waals surface area contributed by atoms with E-state index in [4.69, 9.17) is 4.42 Å². The van der Waals surface area contributed by atoms with Crippen molar-refractivity contribution in [3.8, 4) is 11.5 Å². The Kier molecular flexibility index (Phi) is 4.07. The monoisotopic (exact) mass is 330 g/mol. The summed E-state index contributed by atoms with van der Waals surface area (Å²) >= 11 is 4.06. The van der Waals surface area contributed by atoms with Gasteiger partial charge in [0, 0.05) is 5.56 Å². The van der Waals surface area contributed by atoms with Crippen molar-refractivity contribution in [1.82, 2.24) is 10.2 Å². The van der Waals surface area contributed by atoms with Crippen molar-refractivity contribution in [3.63, 3.8) is 0 Å². The Labute approximate surface area is 144 Å². The highest BCUT2D eigenvalue weighted by Crippen LogP contribution is 2.55. The van der Waals surface area contributed by atoms with Crippen molar-refractivity contribution in [2.24, 2.45) is 17.3 Å². The van der Waals surface area contributed by atoms with Crippen LogP contribution in [0, 0.1) is 17.3 Å². The zero-order chi connectivity index (χ0) is 16.8. The largest absolute Gasteiger partial charge is 0.411 e. The van der Waals surface area contributed by atoms with Crippen LogP contribution in [0.1, 0.15) is 53.0 Å². The minimum absolute atomic E-state index is 0.187. The van der Waals surface area contributed by atoms with Gasteiger partial charge in [0.2, 0.25) is 5.89 Å². The highest BCUT2D eigenvalue weighted by molar-refractivity contribution is 7.80. The molecule has 1 aliphatic carbocycles. The Balaban J connectivity index is 1.71. The Morgan fingerprint density at radius 3 is 2.22 bits per heavy atom. The lowest BCUT2D eigenvalue weighted by Gasteiger charge is -2.27. The molecule has 23 heavy (non-hydrogen) atoms. The molecule has 1 aliphatic rings. The van der Waals surface area contributed by atoms with Gasteiger partial charge in [-0.2, -0.15) is 0 Å². The van der Waals surface area contributed by atoms with E-state index in [-0.39, 0.29) is 5.41 Å². The maximum absolute atomic E-state index is 5.36. The van der Waals surface area contributed by atoms with Gasteiger partial charge in [-0.3, -0.25) is 0 Å². The number of hydrogen-bond donors (Lipinski definition) is 1. The molecular formula is C19H26N2OS. The van der Waals surface area contributed by atoms with E-state index in [1.807, 2.05) is 0 Å². The first-order chi connectivity index (χ1) is 10.7. The van der Waals surface area contributed by atoms with Crippen molar-refractivity contribution in [1.29, 1.82) is 0 Å². The summed E-state index contributed by atoms with van der Waals surface area (Å²) in [5, 5.41) is 8.07. The molecule has 0 bridgehead atoms. The Morgan fingerprint density at radius 2 is 1.74 bits per heavy atom. The molecule has 0 spiro atoms. The minimum atomic E-state index is 0.187. The summed E-state index contributed by atoms with van der Waals surface area (Å²) in [6.45, 7) is 11.8. The molecule has 0 radical (unpaired) electrons. The van der Waals surface area contributed by atoms with Gasteiger partial charge in [-0.25, -0.2) is 0 Å². The van der Waals surface area contributed by atoms with Crippen molar-refractivity contribution < 1.29 is 4.42 Å². The Bertz CT molecular complexity index is 682. The molecule has 1 saturated carbocycles. The predicted octanol–water partition coefficient (Wildman–Crippen LogP) is 5.38. The lowest BCUT2D eigenvalue weighted by atomic mass is 9.78. The summed E-state index contributed by atoms with van der Waals surface area (Å²) in [6.07, 6.45) is 2.62. The van der Waals surface area contributed by atoms with Crippen molar-refractivity contribution in [2.45, 2.75) is 58.1 Å². The molecule has 1 heterocycles. The molecular weight excluding hydrogens is 304 g/mol. The van der Waals surface area contributed by atoms with Gasteiger partial charge in [0.1, 0.15) is 0 Å². The zero-order valence-corrected chi connectivity index (χ0v) is 15.5. The summed E-state index contributed by atoms with van der Waals surface area (Å²) in [6, 6.07) is 8.50. The SMILES string of the molecule is CC(C)(CC1CC1C(C)(C)C)c1ccc(-c2nnc(S)o2)cc1. The maximum atomic E-state index is 5.36. The second-order valence-corrected chi connectivity index (χ2v) is 8.91. The van der Waals surface area contributed by atoms with Crippen LogP contribution in [-0.4, -0.2) is 10.2 Å². The van der Waals surface area contributed by atoms with E-state index in [0.29, 0.717) is 16.5 Å². The average molecular weight is 330 g/mol. The Morgan fingerprint density at radius 1 is 1.09 bits per heavy atom. The van der Waals surface area contributed by atoms with Gasteiger partial charge < -0.3 is 4.42 Å². The zero-order valence-electron chi connectivity index (χ0n) is 14.6. The summed E-state index contributed by atoms with van der Waals surface area (Å²) in [5.41, 5.74) is 2.93. The average Bonchev–Trinajstić information content (AvgIpc) is 3.09. The molecule has 3 rings (SSSR count). The lowest BCUT2D eigenvalue weighted by Crippen LogP contribution is -2.20. The predicted molar refractivity (Wildman–Crippen MR) is 95.7 cm³/mol. The first-order valence-corrected chi connectivity index (χ1v) is 8.75. The van der Waals surface area contributed by atoms with Crippen LogP contribution < -0.4 is 0 Å². The number of hydrogen-bond acceptors (Lipinski definition) is 4. The van der Waals surface area contributed by atoms with E-state index in [1.165, 1.54) is 18.4 Å². The van der Waals surface area contributed by atoms with Crippen LogP contribution >= 0.6 is 12.6 Å². The third kappa shape index (κ3) is 3.63. The van der Waals surface area contributed by atoms with Crippen LogP contribution in [0.5, 0.6) is 0 Å². The summed E-state index contributed by atoms with van der Waals surface area (Å²) < 4.78 is 5.36. The molecule has 2 unspecified atom stereocenters. The molecule has 3 nitrogen and oxygen atoms in total. The van der Waals surface area contributed by atoms with Crippen molar-refractivity contribution in [3.05, 3.63) is 29.8 Å². The van der Waals surface area contributed by atoms with Crippen molar-refractivity contribution >= 4 is 12.6 Å². The first kappa shape index (κ1) is 16.6. The molecule has 0 aliphatic heterocycles. The highest BCUT2D eigenvalue weighted by atomic mass is 32.1. The molecule has 0 N–H and O–H groups in total. The third-order valence-corrected chi connectivity index (χ3v) is 5.32. The quantitative estimate of drug-likeness (QED) is 0.765. The molecule has 1 aromatic heterocycles. The van der Waals surface area contributed by atoms with E-state index >= 15 is 0 Å². The molecule has 1 fully saturated rings. The van der Waals surface area contributed by atoms with E-state index < -0.39 is 0 Å². The lowest BCUT2D eigenvalue weighted by molar-refractivity contribution is 0.308. The Hall–Kier alpha value is -1.29. The minimum Gasteiger partial charge on any atom is -0.411 e. The second-order valence-electron chi connectivity index (χ2n) is 8.52. The molecule has 4 heteroatoms. The third-order valence-electron chi connectivity index (χ3n) is 5.14. The van der Waals surface area contributed by atoms with Crippen LogP contribution in [0.2, 0.25) is 0 Å². The van der Waals surface area contributed by atoms with E-state index in [9.17, 15) is 0 Å². The maximum Gasteiger partial charge on any atom is 0.273 e. The molecule has 2 atom stereocenters. The van der Waals surface area contributed by atoms with Crippen LogP contribution in [0.25, 0.3) is 11.5 Å². The standard InChI is InChI=1S/C19H26N2OS/c1-18(2,3)15-10-13(15)11-19(4,5)14-8-6-12(7-9-14)16-20-21-17(23)22-16/h6-9,13,15H,10-11H2,1-5H3,(H,21,23). The van der Waals surface area contributed by atoms with Gasteiger partial charge in [-0.15, -0.1) is 10.2 Å². The number of benzene rings is 1. The first-order valence-electron chi connectivity index (χ1n) is 8.30. The number of rotatable bonds is 4. The molecule has 124 valence electrons. The van der Waals surface area contributed by atoms with E-state index in [0.717, 1.165) is 17.4 Å². The van der Waals surface area contributed by atoms with Gasteiger partial charge >= 0.3 is 0 Å². The second kappa shape index (κ2) is 5.66. The van der Waals surface area contributed by atoms with Gasteiger partial charge in [-0.1, -0.05) is 59.4 Å². The van der Waals surface area contributed by atoms with E-state index in [1.54, 1.807) is 0 Å². The van der Waals surface area contributed by atoms with Gasteiger partial charge in [-0.05, 0) is 53.2 Å². The molecule has 1 aromatic carbocycles. The van der Waals surface area contributed by atoms with Crippen LogP contribution in [-0.2, 0) is 5.41 Å². The van der Waals surface area contributed by atoms with Crippen LogP contribution in [0.3, 0.4) is 0 Å². The van der Waals surface area contributed by atoms with E-state index in [2.05, 4.69) is 81.7 Å². The molecule has 0 amide bonds. The van der Waals surface area contributed by atoms with Crippen LogP contribution in [0.15, 0.2) is 33.9 Å². The summed E-state index contributed by atoms with van der Waals surface area (Å²) in [7, 11) is 0. The fourth-order valence-corrected chi connectivity index (χ4v) is 3.83. The fourth-order valence-electron chi connectivity index (χ4n) is 3.70. The van der Waals surface area contributed by atoms with Crippen molar-refractivity contribution in [2.75, 3.05) is 0 Å². The highest BCUT2D eigenvalue weighted by Gasteiger charge is 2.47. The normalized spacial score (nSPS) is 21.5. The van der Waals surface area contributed by atoms with Gasteiger partial charge in [0.25, 0.3) is 5.22 Å². The summed E-state index contributed by atoms with van der Waals surface area (Å²) in [4.78, 5) is 0. The van der Waals surface area contributed by atoms with Gasteiger partial charge in [0.15, 0.2) is 0 Å². The molecule has 0 saturated heterocycles. The number of nitrogens with zero attached hydrogens (tertiary/aromatic N) is 2. The number of thiol groups is 1. The number of aromatic nitrogens is 2. The van der Waals surface area contributed by atoms with Gasteiger partial charge in [0.05, 0.1) is 0 Å².